The Kier molecular flexibility index (Phi) is 5.57. The van der Waals surface area contributed by atoms with Crippen LogP contribution in [0.4, 0.5) is 11.4 Å². The first kappa shape index (κ1) is 17.3. The lowest BCUT2D eigenvalue weighted by Crippen LogP contribution is -2.13. The van der Waals surface area contributed by atoms with E-state index >= 15 is 0 Å². The number of hydrogen-bond donors (Lipinski definition) is 2. The number of carbonyl (C=O) groups excluding carboxylic acids is 1. The molecule has 3 rings (SSSR count). The molecule has 0 bridgehead atoms. The molecule has 0 saturated carbocycles. The first-order valence-electron chi connectivity index (χ1n) is 7.55. The van der Waals surface area contributed by atoms with Gasteiger partial charge in [-0.15, -0.1) is 0 Å². The van der Waals surface area contributed by atoms with Gasteiger partial charge in [-0.3, -0.25) is 4.79 Å². The minimum atomic E-state index is -0.157. The molecule has 0 aliphatic heterocycles. The van der Waals surface area contributed by atoms with Crippen LogP contribution in [0.25, 0.3) is 0 Å². The van der Waals surface area contributed by atoms with Gasteiger partial charge in [0.1, 0.15) is 5.75 Å². The Hall–Kier alpha value is -2.51. The Balaban J connectivity index is 1.70. The molecule has 5 nitrogen and oxygen atoms in total. The first-order chi connectivity index (χ1) is 12.2. The molecule has 0 spiro atoms. The molecular formula is C18H17N3O2S2. The summed E-state index contributed by atoms with van der Waals surface area (Å²) >= 11 is 2.75. The summed E-state index contributed by atoms with van der Waals surface area (Å²) in [6.07, 6.45) is 0. The molecular weight excluding hydrogens is 354 g/mol. The second-order valence-electron chi connectivity index (χ2n) is 5.19. The average Bonchev–Trinajstić information content (AvgIpc) is 3.07. The number of para-hydroxylation sites is 2. The summed E-state index contributed by atoms with van der Waals surface area (Å²) < 4.78 is 12.6. The summed E-state index contributed by atoms with van der Waals surface area (Å²) in [7, 11) is 1.64. The number of anilines is 2. The third-order valence-electron chi connectivity index (χ3n) is 3.51. The summed E-state index contributed by atoms with van der Waals surface area (Å²) in [5, 5.41) is 4.70. The van der Waals surface area contributed by atoms with E-state index in [2.05, 4.69) is 14.4 Å². The molecule has 2 N–H and O–H groups in total. The molecule has 0 atom stereocenters. The quantitative estimate of drug-likeness (QED) is 0.608. The number of aromatic nitrogens is 1. The third kappa shape index (κ3) is 4.32. The summed E-state index contributed by atoms with van der Waals surface area (Å²) in [6, 6.07) is 15.3. The SMILES string of the molecule is COc1ccc(SNc2ccccc2NC(=O)c2csnc2C)cc1. The van der Waals surface area contributed by atoms with Gasteiger partial charge >= 0.3 is 0 Å². The molecule has 25 heavy (non-hydrogen) atoms. The Bertz CT molecular complexity index is 863. The molecule has 0 aliphatic rings. The van der Waals surface area contributed by atoms with Crippen molar-refractivity contribution in [3.05, 3.63) is 65.2 Å². The largest absolute Gasteiger partial charge is 0.497 e. The van der Waals surface area contributed by atoms with Gasteiger partial charge in [0.25, 0.3) is 5.91 Å². The molecule has 2 aromatic carbocycles. The van der Waals surface area contributed by atoms with Crippen LogP contribution in [-0.4, -0.2) is 17.4 Å². The zero-order chi connectivity index (χ0) is 17.6. The van der Waals surface area contributed by atoms with Crippen LogP contribution in [0, 0.1) is 6.92 Å². The maximum Gasteiger partial charge on any atom is 0.258 e. The van der Waals surface area contributed by atoms with Crippen LogP contribution in [0.1, 0.15) is 16.1 Å². The summed E-state index contributed by atoms with van der Waals surface area (Å²) in [4.78, 5) is 13.4. The van der Waals surface area contributed by atoms with Gasteiger partial charge in [0.2, 0.25) is 0 Å². The highest BCUT2D eigenvalue weighted by molar-refractivity contribution is 8.00. The first-order valence-corrected chi connectivity index (χ1v) is 9.21. The monoisotopic (exact) mass is 371 g/mol. The second-order valence-corrected chi connectivity index (χ2v) is 6.70. The van der Waals surface area contributed by atoms with E-state index in [1.54, 1.807) is 12.5 Å². The van der Waals surface area contributed by atoms with Crippen molar-refractivity contribution in [1.82, 2.24) is 4.37 Å². The van der Waals surface area contributed by atoms with E-state index in [1.807, 2.05) is 55.5 Å². The highest BCUT2D eigenvalue weighted by Gasteiger charge is 2.13. The molecule has 0 radical (unpaired) electrons. The van der Waals surface area contributed by atoms with Crippen LogP contribution in [0.2, 0.25) is 0 Å². The van der Waals surface area contributed by atoms with Gasteiger partial charge < -0.3 is 14.8 Å². The fourth-order valence-corrected chi connectivity index (χ4v) is 3.51. The minimum absolute atomic E-state index is 0.157. The van der Waals surface area contributed by atoms with Crippen molar-refractivity contribution in [1.29, 1.82) is 0 Å². The molecule has 0 fully saturated rings. The standard InChI is InChI=1S/C18H17N3O2S2/c1-12-15(11-24-20-12)18(22)19-16-5-3-4-6-17(16)21-25-14-9-7-13(23-2)8-10-14/h3-11,21H,1-2H3,(H,19,22). The summed E-state index contributed by atoms with van der Waals surface area (Å²) in [6.45, 7) is 1.83. The molecule has 1 aromatic heterocycles. The fourth-order valence-electron chi connectivity index (χ4n) is 2.14. The van der Waals surface area contributed by atoms with Gasteiger partial charge in [-0.2, -0.15) is 4.37 Å². The number of aryl methyl sites for hydroxylation is 1. The number of nitrogens with one attached hydrogen (secondary N) is 2. The number of amides is 1. The highest BCUT2D eigenvalue weighted by atomic mass is 32.2. The average molecular weight is 371 g/mol. The number of nitrogens with zero attached hydrogens (tertiary/aromatic N) is 1. The van der Waals surface area contributed by atoms with Crippen molar-refractivity contribution in [3.8, 4) is 5.75 Å². The van der Waals surface area contributed by atoms with E-state index < -0.39 is 0 Å². The fraction of sp³-hybridized carbons (Fsp3) is 0.111. The normalized spacial score (nSPS) is 10.3. The number of hydrogen-bond acceptors (Lipinski definition) is 6. The molecule has 7 heteroatoms. The van der Waals surface area contributed by atoms with Crippen molar-refractivity contribution in [2.75, 3.05) is 17.1 Å². The predicted molar refractivity (Wildman–Crippen MR) is 104 cm³/mol. The van der Waals surface area contributed by atoms with E-state index in [0.717, 1.165) is 27.7 Å². The third-order valence-corrected chi connectivity index (χ3v) is 5.06. The van der Waals surface area contributed by atoms with Crippen LogP contribution in [0.15, 0.2) is 58.8 Å². The van der Waals surface area contributed by atoms with Crippen molar-refractivity contribution in [2.45, 2.75) is 11.8 Å². The smallest absolute Gasteiger partial charge is 0.258 e. The lowest BCUT2D eigenvalue weighted by molar-refractivity contribution is 0.102. The van der Waals surface area contributed by atoms with Crippen LogP contribution in [-0.2, 0) is 0 Å². The lowest BCUT2D eigenvalue weighted by Gasteiger charge is -2.12. The van der Waals surface area contributed by atoms with E-state index in [0.29, 0.717) is 5.56 Å². The van der Waals surface area contributed by atoms with E-state index in [-0.39, 0.29) is 5.91 Å². The van der Waals surface area contributed by atoms with Crippen LogP contribution in [0.5, 0.6) is 5.75 Å². The molecule has 128 valence electrons. The van der Waals surface area contributed by atoms with Crippen LogP contribution in [0.3, 0.4) is 0 Å². The maximum atomic E-state index is 12.4. The van der Waals surface area contributed by atoms with Crippen LogP contribution < -0.4 is 14.8 Å². The van der Waals surface area contributed by atoms with Crippen molar-refractivity contribution >= 4 is 40.8 Å². The van der Waals surface area contributed by atoms with Gasteiger partial charge in [-0.05, 0) is 66.8 Å². The van der Waals surface area contributed by atoms with E-state index in [4.69, 9.17) is 4.74 Å². The Morgan fingerprint density at radius 2 is 1.84 bits per heavy atom. The van der Waals surface area contributed by atoms with Crippen LogP contribution >= 0.6 is 23.5 Å². The van der Waals surface area contributed by atoms with Crippen molar-refractivity contribution in [2.24, 2.45) is 0 Å². The predicted octanol–water partition coefficient (Wildman–Crippen LogP) is 4.83. The molecule has 1 amide bonds. The summed E-state index contributed by atoms with van der Waals surface area (Å²) in [5.74, 6) is 0.659. The summed E-state index contributed by atoms with van der Waals surface area (Å²) in [5.41, 5.74) is 2.89. The van der Waals surface area contributed by atoms with Gasteiger partial charge in [0.15, 0.2) is 0 Å². The number of rotatable bonds is 6. The number of carbonyl (C=O) groups is 1. The molecule has 1 heterocycles. The van der Waals surface area contributed by atoms with Gasteiger partial charge in [-0.1, -0.05) is 12.1 Å². The molecule has 0 saturated heterocycles. The number of ether oxygens (including phenoxy) is 1. The van der Waals surface area contributed by atoms with E-state index in [9.17, 15) is 4.79 Å². The number of benzene rings is 2. The number of methoxy groups -OCH3 is 1. The molecule has 0 aliphatic carbocycles. The van der Waals surface area contributed by atoms with Crippen molar-refractivity contribution in [3.63, 3.8) is 0 Å². The minimum Gasteiger partial charge on any atom is -0.497 e. The Morgan fingerprint density at radius 1 is 1.12 bits per heavy atom. The topological polar surface area (TPSA) is 63.2 Å². The molecule has 0 unspecified atom stereocenters. The Morgan fingerprint density at radius 3 is 2.48 bits per heavy atom. The molecule has 3 aromatic rings. The highest BCUT2D eigenvalue weighted by Crippen LogP contribution is 2.28. The van der Waals surface area contributed by atoms with Gasteiger partial charge in [0, 0.05) is 10.3 Å². The zero-order valence-corrected chi connectivity index (χ0v) is 15.4. The lowest BCUT2D eigenvalue weighted by atomic mass is 10.2. The van der Waals surface area contributed by atoms with Gasteiger partial charge in [-0.25, -0.2) is 0 Å². The van der Waals surface area contributed by atoms with Crippen molar-refractivity contribution < 1.29 is 9.53 Å². The van der Waals surface area contributed by atoms with E-state index in [1.165, 1.54) is 23.5 Å². The van der Waals surface area contributed by atoms with Gasteiger partial charge in [0.05, 0.1) is 29.7 Å². The Labute approximate surface area is 154 Å². The maximum absolute atomic E-state index is 12.4. The second kappa shape index (κ2) is 8.04. The zero-order valence-electron chi connectivity index (χ0n) is 13.8.